The van der Waals surface area contributed by atoms with E-state index in [1.807, 2.05) is 0 Å². The van der Waals surface area contributed by atoms with Crippen LogP contribution in [0.3, 0.4) is 0 Å². The number of benzene rings is 1. The van der Waals surface area contributed by atoms with E-state index in [1.54, 1.807) is 36.3 Å². The van der Waals surface area contributed by atoms with E-state index in [0.717, 1.165) is 11.4 Å². The van der Waals surface area contributed by atoms with Gasteiger partial charge in [-0.25, -0.2) is 9.59 Å². The Labute approximate surface area is 92.6 Å². The Morgan fingerprint density at radius 2 is 1.69 bits per heavy atom. The zero-order chi connectivity index (χ0) is 11.5. The molecule has 16 heavy (non-hydrogen) atoms. The summed E-state index contributed by atoms with van der Waals surface area (Å²) in [6, 6.07) is 7.15. The van der Waals surface area contributed by atoms with E-state index in [1.165, 1.54) is 0 Å². The molecule has 1 aromatic carbocycles. The fourth-order valence-electron chi connectivity index (χ4n) is 1.53. The van der Waals surface area contributed by atoms with Crippen LogP contribution in [0.25, 0.3) is 0 Å². The molecule has 0 radical (unpaired) electrons. The smallest absolute Gasteiger partial charge is 0.333 e. The number of ether oxygens (including phenoxy) is 2. The van der Waals surface area contributed by atoms with Gasteiger partial charge in [0.05, 0.1) is 7.11 Å². The SMILES string of the molecule is COc1ccc(N2CC(=O)OC(=O)C2)cc1. The monoisotopic (exact) mass is 221 g/mol. The second-order valence-corrected chi connectivity index (χ2v) is 3.40. The number of carbonyl (C=O) groups is 2. The molecule has 0 bridgehead atoms. The number of nitrogens with zero attached hydrogens (tertiary/aromatic N) is 1. The second-order valence-electron chi connectivity index (χ2n) is 3.40. The molecule has 0 aliphatic carbocycles. The molecule has 0 N–H and O–H groups in total. The molecule has 1 aromatic rings. The number of hydrogen-bond donors (Lipinski definition) is 0. The predicted molar refractivity (Wildman–Crippen MR) is 56.3 cm³/mol. The van der Waals surface area contributed by atoms with Crippen molar-refractivity contribution in [2.75, 3.05) is 25.1 Å². The summed E-state index contributed by atoms with van der Waals surface area (Å²) in [4.78, 5) is 23.8. The maximum atomic E-state index is 11.1. The number of methoxy groups -OCH3 is 1. The fraction of sp³-hybridized carbons (Fsp3) is 0.273. The van der Waals surface area contributed by atoms with Gasteiger partial charge in [0.25, 0.3) is 0 Å². The molecule has 84 valence electrons. The lowest BCUT2D eigenvalue weighted by molar-refractivity contribution is -0.160. The van der Waals surface area contributed by atoms with Crippen molar-refractivity contribution in [2.24, 2.45) is 0 Å². The quantitative estimate of drug-likeness (QED) is 0.540. The molecule has 1 heterocycles. The summed E-state index contributed by atoms with van der Waals surface area (Å²) in [7, 11) is 1.58. The Morgan fingerprint density at radius 1 is 1.12 bits per heavy atom. The summed E-state index contributed by atoms with van der Waals surface area (Å²) < 4.78 is 9.46. The third-order valence-electron chi connectivity index (χ3n) is 2.31. The summed E-state index contributed by atoms with van der Waals surface area (Å²) in [5.41, 5.74) is 0.797. The molecule has 0 amide bonds. The highest BCUT2D eigenvalue weighted by atomic mass is 16.6. The van der Waals surface area contributed by atoms with Crippen LogP contribution in [-0.2, 0) is 14.3 Å². The molecule has 5 nitrogen and oxygen atoms in total. The van der Waals surface area contributed by atoms with Gasteiger partial charge in [-0.1, -0.05) is 0 Å². The summed E-state index contributed by atoms with van der Waals surface area (Å²) in [5, 5.41) is 0. The van der Waals surface area contributed by atoms with Gasteiger partial charge >= 0.3 is 11.9 Å². The van der Waals surface area contributed by atoms with Crippen LogP contribution in [0.4, 0.5) is 5.69 Å². The van der Waals surface area contributed by atoms with Crippen molar-refractivity contribution in [3.8, 4) is 5.75 Å². The Kier molecular flexibility index (Phi) is 2.76. The van der Waals surface area contributed by atoms with Gasteiger partial charge in [-0.15, -0.1) is 0 Å². The van der Waals surface area contributed by atoms with Crippen LogP contribution in [0.2, 0.25) is 0 Å². The van der Waals surface area contributed by atoms with E-state index < -0.39 is 11.9 Å². The van der Waals surface area contributed by atoms with Gasteiger partial charge in [0.15, 0.2) is 0 Å². The number of hydrogen-bond acceptors (Lipinski definition) is 5. The zero-order valence-corrected chi connectivity index (χ0v) is 8.80. The average Bonchev–Trinajstić information content (AvgIpc) is 2.28. The molecule has 0 aromatic heterocycles. The molecular weight excluding hydrogens is 210 g/mol. The summed E-state index contributed by atoms with van der Waals surface area (Å²) in [5.74, 6) is -0.311. The van der Waals surface area contributed by atoms with E-state index >= 15 is 0 Å². The van der Waals surface area contributed by atoms with Gasteiger partial charge in [-0.2, -0.15) is 0 Å². The Hall–Kier alpha value is -2.04. The molecule has 1 aliphatic heterocycles. The van der Waals surface area contributed by atoms with E-state index in [2.05, 4.69) is 4.74 Å². The zero-order valence-electron chi connectivity index (χ0n) is 8.80. The topological polar surface area (TPSA) is 55.8 Å². The van der Waals surface area contributed by atoms with Gasteiger partial charge in [0.2, 0.25) is 0 Å². The first-order valence-corrected chi connectivity index (χ1v) is 4.81. The van der Waals surface area contributed by atoms with E-state index in [9.17, 15) is 9.59 Å². The highest BCUT2D eigenvalue weighted by Gasteiger charge is 2.24. The van der Waals surface area contributed by atoms with Crippen LogP contribution in [-0.4, -0.2) is 32.1 Å². The molecule has 5 heteroatoms. The first-order valence-electron chi connectivity index (χ1n) is 4.81. The van der Waals surface area contributed by atoms with E-state index in [0.29, 0.717) is 0 Å². The lowest BCUT2D eigenvalue weighted by atomic mass is 10.2. The fourth-order valence-corrected chi connectivity index (χ4v) is 1.53. The van der Waals surface area contributed by atoms with Gasteiger partial charge in [0, 0.05) is 5.69 Å². The third kappa shape index (κ3) is 2.13. The average molecular weight is 221 g/mol. The number of cyclic esters (lactones) is 2. The number of rotatable bonds is 2. The lowest BCUT2D eigenvalue weighted by Gasteiger charge is -2.26. The number of esters is 2. The maximum absolute atomic E-state index is 11.1. The van der Waals surface area contributed by atoms with Crippen molar-refractivity contribution in [3.63, 3.8) is 0 Å². The molecule has 0 spiro atoms. The van der Waals surface area contributed by atoms with E-state index in [4.69, 9.17) is 4.74 Å². The maximum Gasteiger partial charge on any atom is 0.333 e. The van der Waals surface area contributed by atoms with Crippen molar-refractivity contribution in [2.45, 2.75) is 0 Å². The van der Waals surface area contributed by atoms with E-state index in [-0.39, 0.29) is 13.1 Å². The number of carbonyl (C=O) groups excluding carboxylic acids is 2. The lowest BCUT2D eigenvalue weighted by Crippen LogP contribution is -2.42. The van der Waals surface area contributed by atoms with Crippen molar-refractivity contribution >= 4 is 17.6 Å². The Bertz CT molecular complexity index is 396. The molecule has 1 aliphatic rings. The molecule has 1 saturated heterocycles. The minimum atomic E-state index is -0.521. The first kappa shape index (κ1) is 10.5. The summed E-state index contributed by atoms with van der Waals surface area (Å²) in [6.45, 7) is 0.191. The Morgan fingerprint density at radius 3 is 2.19 bits per heavy atom. The normalized spacial score (nSPS) is 15.9. The van der Waals surface area contributed by atoms with Gasteiger partial charge < -0.3 is 14.4 Å². The van der Waals surface area contributed by atoms with Crippen molar-refractivity contribution < 1.29 is 19.1 Å². The molecular formula is C11H11NO4. The van der Waals surface area contributed by atoms with Gasteiger partial charge in [-0.3, -0.25) is 0 Å². The number of anilines is 1. The van der Waals surface area contributed by atoms with Crippen LogP contribution < -0.4 is 9.64 Å². The van der Waals surface area contributed by atoms with Crippen LogP contribution in [0.1, 0.15) is 0 Å². The Balaban J connectivity index is 2.16. The first-order chi connectivity index (χ1) is 7.69. The second kappa shape index (κ2) is 4.22. The molecule has 0 atom stereocenters. The molecule has 0 saturated carbocycles. The minimum Gasteiger partial charge on any atom is -0.497 e. The van der Waals surface area contributed by atoms with Crippen molar-refractivity contribution in [1.82, 2.24) is 0 Å². The standard InChI is InChI=1S/C11H11NO4/c1-15-9-4-2-8(3-5-9)12-6-10(13)16-11(14)7-12/h2-5H,6-7H2,1H3. The predicted octanol–water partition coefficient (Wildman–Crippen LogP) is 0.585. The molecule has 2 rings (SSSR count). The number of morpholine rings is 1. The third-order valence-corrected chi connectivity index (χ3v) is 2.31. The molecule has 0 unspecified atom stereocenters. The van der Waals surface area contributed by atoms with Crippen LogP contribution >= 0.6 is 0 Å². The van der Waals surface area contributed by atoms with Crippen molar-refractivity contribution in [3.05, 3.63) is 24.3 Å². The van der Waals surface area contributed by atoms with Crippen LogP contribution in [0, 0.1) is 0 Å². The van der Waals surface area contributed by atoms with Gasteiger partial charge in [0.1, 0.15) is 18.8 Å². The minimum absolute atomic E-state index is 0.0953. The summed E-state index contributed by atoms with van der Waals surface area (Å²) >= 11 is 0. The highest BCUT2D eigenvalue weighted by Crippen LogP contribution is 2.20. The van der Waals surface area contributed by atoms with Gasteiger partial charge in [-0.05, 0) is 24.3 Å². The largest absolute Gasteiger partial charge is 0.497 e. The van der Waals surface area contributed by atoms with Crippen molar-refractivity contribution in [1.29, 1.82) is 0 Å². The highest BCUT2D eigenvalue weighted by molar-refractivity contribution is 5.94. The van der Waals surface area contributed by atoms with Crippen LogP contribution in [0.15, 0.2) is 24.3 Å². The molecule has 1 fully saturated rings. The van der Waals surface area contributed by atoms with Crippen LogP contribution in [0.5, 0.6) is 5.75 Å². The summed E-state index contributed by atoms with van der Waals surface area (Å²) in [6.07, 6.45) is 0.